The van der Waals surface area contributed by atoms with Gasteiger partial charge in [-0.25, -0.2) is 0 Å². The van der Waals surface area contributed by atoms with E-state index < -0.39 is 4.87 Å². The van der Waals surface area contributed by atoms with Crippen molar-refractivity contribution in [3.8, 4) is 0 Å². The van der Waals surface area contributed by atoms with Crippen molar-refractivity contribution >= 4 is 34.5 Å². The van der Waals surface area contributed by atoms with E-state index in [2.05, 4.69) is 0 Å². The van der Waals surface area contributed by atoms with Crippen molar-refractivity contribution in [3.63, 3.8) is 0 Å². The summed E-state index contributed by atoms with van der Waals surface area (Å²) in [7, 11) is 1.95. The third kappa shape index (κ3) is 1.09. The molecule has 0 N–H and O–H groups in total. The summed E-state index contributed by atoms with van der Waals surface area (Å²) in [6.07, 6.45) is 0. The molecule has 1 aromatic rings. The van der Waals surface area contributed by atoms with Crippen LogP contribution in [0.1, 0.15) is 12.5 Å². The molecule has 1 heterocycles. The Bertz CT molecular complexity index is 373. The first-order chi connectivity index (χ1) is 6.05. The quantitative estimate of drug-likeness (QED) is 0.480. The molecule has 13 heavy (non-hydrogen) atoms. The number of nitrogens with zero attached hydrogens (tertiary/aromatic N) is 1. The standard InChI is InChI=1S/C10H10ClNS/c1-10(11)7-5-3-4-6-8(7)12(2)9(10)13/h3-6H,1-2H3. The van der Waals surface area contributed by atoms with Gasteiger partial charge in [0.1, 0.15) is 9.86 Å². The molecule has 68 valence electrons. The summed E-state index contributed by atoms with van der Waals surface area (Å²) in [6.45, 7) is 1.94. The van der Waals surface area contributed by atoms with Crippen LogP contribution in [0.15, 0.2) is 24.3 Å². The van der Waals surface area contributed by atoms with Crippen molar-refractivity contribution in [2.45, 2.75) is 11.8 Å². The van der Waals surface area contributed by atoms with E-state index in [-0.39, 0.29) is 0 Å². The zero-order chi connectivity index (χ0) is 9.64. The molecule has 0 amide bonds. The average Bonchev–Trinajstić information content (AvgIpc) is 2.30. The molecule has 0 saturated carbocycles. The van der Waals surface area contributed by atoms with Crippen LogP contribution >= 0.6 is 23.8 Å². The third-order valence-electron chi connectivity index (χ3n) is 2.48. The van der Waals surface area contributed by atoms with Crippen molar-refractivity contribution < 1.29 is 0 Å². The molecule has 0 aromatic heterocycles. The molecule has 1 aromatic carbocycles. The summed E-state index contributed by atoms with van der Waals surface area (Å²) in [5.41, 5.74) is 2.22. The van der Waals surface area contributed by atoms with Gasteiger partial charge in [-0.05, 0) is 13.0 Å². The predicted molar refractivity (Wildman–Crippen MR) is 60.6 cm³/mol. The molecule has 0 aliphatic carbocycles. The van der Waals surface area contributed by atoms with E-state index in [0.29, 0.717) is 0 Å². The molecule has 2 rings (SSSR count). The minimum absolute atomic E-state index is 0.513. The smallest absolute Gasteiger partial charge is 0.119 e. The number of hydrogen-bond donors (Lipinski definition) is 0. The summed E-state index contributed by atoms with van der Waals surface area (Å²) < 4.78 is 0. The number of anilines is 1. The fraction of sp³-hybridized carbons (Fsp3) is 0.300. The maximum atomic E-state index is 6.36. The van der Waals surface area contributed by atoms with Crippen LogP contribution in [0.2, 0.25) is 0 Å². The van der Waals surface area contributed by atoms with Crippen molar-refractivity contribution in [2.24, 2.45) is 0 Å². The van der Waals surface area contributed by atoms with Crippen molar-refractivity contribution in [3.05, 3.63) is 29.8 Å². The highest BCUT2D eigenvalue weighted by atomic mass is 35.5. The number of benzene rings is 1. The number of thiocarbonyl (C=S) groups is 1. The average molecular weight is 212 g/mol. The van der Waals surface area contributed by atoms with E-state index >= 15 is 0 Å². The van der Waals surface area contributed by atoms with Gasteiger partial charge in [-0.15, -0.1) is 11.6 Å². The van der Waals surface area contributed by atoms with Gasteiger partial charge in [0.2, 0.25) is 0 Å². The lowest BCUT2D eigenvalue weighted by Crippen LogP contribution is -2.29. The van der Waals surface area contributed by atoms with Crippen LogP contribution in [0.5, 0.6) is 0 Å². The molecule has 1 nitrogen and oxygen atoms in total. The van der Waals surface area contributed by atoms with Gasteiger partial charge in [-0.3, -0.25) is 0 Å². The molecule has 1 aliphatic heterocycles. The van der Waals surface area contributed by atoms with E-state index in [0.717, 1.165) is 16.2 Å². The Hall–Kier alpha value is -0.600. The van der Waals surface area contributed by atoms with Crippen molar-refractivity contribution in [2.75, 3.05) is 11.9 Å². The molecular weight excluding hydrogens is 202 g/mol. The highest BCUT2D eigenvalue weighted by Gasteiger charge is 2.40. The maximum Gasteiger partial charge on any atom is 0.119 e. The van der Waals surface area contributed by atoms with E-state index in [1.54, 1.807) is 0 Å². The number of fused-ring (bicyclic) bond motifs is 1. The number of para-hydroxylation sites is 1. The predicted octanol–water partition coefficient (Wildman–Crippen LogP) is 2.92. The second kappa shape index (κ2) is 2.69. The molecule has 1 atom stereocenters. The van der Waals surface area contributed by atoms with Crippen LogP contribution in [0.4, 0.5) is 5.69 Å². The Morgan fingerprint density at radius 3 is 2.62 bits per heavy atom. The second-order valence-electron chi connectivity index (χ2n) is 3.38. The summed E-state index contributed by atoms with van der Waals surface area (Å²) in [5.74, 6) is 0. The van der Waals surface area contributed by atoms with E-state index in [9.17, 15) is 0 Å². The number of hydrogen-bond acceptors (Lipinski definition) is 1. The summed E-state index contributed by atoms with van der Waals surface area (Å²) in [5, 5.41) is 0. The van der Waals surface area contributed by atoms with Gasteiger partial charge in [0.15, 0.2) is 0 Å². The van der Waals surface area contributed by atoms with Gasteiger partial charge in [0, 0.05) is 18.3 Å². The number of alkyl halides is 1. The Kier molecular flexibility index (Phi) is 1.86. The third-order valence-corrected chi connectivity index (χ3v) is 3.65. The first-order valence-electron chi connectivity index (χ1n) is 4.11. The van der Waals surface area contributed by atoms with Crippen molar-refractivity contribution in [1.29, 1.82) is 0 Å². The zero-order valence-corrected chi connectivity index (χ0v) is 9.12. The lowest BCUT2D eigenvalue weighted by molar-refractivity contribution is 0.956. The SMILES string of the molecule is CN1C(=S)C(C)(Cl)c2ccccc21. The van der Waals surface area contributed by atoms with Crippen LogP contribution in [0, 0.1) is 0 Å². The molecule has 0 saturated heterocycles. The van der Waals surface area contributed by atoms with Gasteiger partial charge < -0.3 is 4.90 Å². The second-order valence-corrected chi connectivity index (χ2v) is 4.53. The molecule has 1 aliphatic rings. The lowest BCUT2D eigenvalue weighted by atomic mass is 10.0. The molecule has 3 heteroatoms. The van der Waals surface area contributed by atoms with Crippen LogP contribution < -0.4 is 4.90 Å². The topological polar surface area (TPSA) is 3.24 Å². The molecule has 0 fully saturated rings. The van der Waals surface area contributed by atoms with Crippen LogP contribution in [-0.4, -0.2) is 12.0 Å². The first-order valence-corrected chi connectivity index (χ1v) is 4.90. The van der Waals surface area contributed by atoms with Crippen LogP contribution in [0.3, 0.4) is 0 Å². The highest BCUT2D eigenvalue weighted by Crippen LogP contribution is 2.44. The largest absolute Gasteiger partial charge is 0.337 e. The normalized spacial score (nSPS) is 26.4. The van der Waals surface area contributed by atoms with Gasteiger partial charge in [-0.2, -0.15) is 0 Å². The molecule has 0 radical (unpaired) electrons. The number of halogens is 1. The van der Waals surface area contributed by atoms with Gasteiger partial charge in [0.05, 0.1) is 0 Å². The van der Waals surface area contributed by atoms with E-state index in [1.165, 1.54) is 0 Å². The molecule has 0 spiro atoms. The van der Waals surface area contributed by atoms with Crippen LogP contribution in [0.25, 0.3) is 0 Å². The minimum Gasteiger partial charge on any atom is -0.337 e. The fourth-order valence-corrected chi connectivity index (χ4v) is 2.20. The zero-order valence-electron chi connectivity index (χ0n) is 7.54. The monoisotopic (exact) mass is 211 g/mol. The first kappa shape index (κ1) is 8.97. The van der Waals surface area contributed by atoms with E-state index in [4.69, 9.17) is 23.8 Å². The molecule has 1 unspecified atom stereocenters. The fourth-order valence-electron chi connectivity index (χ4n) is 1.70. The lowest BCUT2D eigenvalue weighted by Gasteiger charge is -2.17. The molecule has 0 bridgehead atoms. The Morgan fingerprint density at radius 1 is 1.38 bits per heavy atom. The Morgan fingerprint density at radius 2 is 2.00 bits per heavy atom. The molecular formula is C10H10ClNS. The number of rotatable bonds is 0. The number of likely N-dealkylation sites (N-methyl/N-ethyl adjacent to an activating group) is 1. The van der Waals surface area contributed by atoms with E-state index in [1.807, 2.05) is 43.1 Å². The van der Waals surface area contributed by atoms with Crippen molar-refractivity contribution in [1.82, 2.24) is 0 Å². The summed E-state index contributed by atoms with van der Waals surface area (Å²) in [6, 6.07) is 8.05. The minimum atomic E-state index is -0.513. The van der Waals surface area contributed by atoms with Gasteiger partial charge >= 0.3 is 0 Å². The Balaban J connectivity index is 2.68. The Labute approximate surface area is 88.3 Å². The summed E-state index contributed by atoms with van der Waals surface area (Å²) >= 11 is 11.6. The maximum absolute atomic E-state index is 6.36. The van der Waals surface area contributed by atoms with Gasteiger partial charge in [-0.1, -0.05) is 30.4 Å². The van der Waals surface area contributed by atoms with Crippen LogP contribution in [-0.2, 0) is 4.87 Å². The highest BCUT2D eigenvalue weighted by molar-refractivity contribution is 7.81. The van der Waals surface area contributed by atoms with Gasteiger partial charge in [0.25, 0.3) is 0 Å². The summed E-state index contributed by atoms with van der Waals surface area (Å²) in [4.78, 5) is 2.23.